The summed E-state index contributed by atoms with van der Waals surface area (Å²) in [5.41, 5.74) is 3.25. The molecule has 0 aromatic heterocycles. The Morgan fingerprint density at radius 1 is 1.12 bits per heavy atom. The molecule has 0 bridgehead atoms. The number of ketones is 1. The predicted molar refractivity (Wildman–Crippen MR) is 99.6 cm³/mol. The fourth-order valence-electron chi connectivity index (χ4n) is 3.14. The highest BCUT2D eigenvalue weighted by Crippen LogP contribution is 2.32. The molecule has 0 amide bonds. The number of allylic oxidation sites excluding steroid dienone is 1. The minimum atomic E-state index is -1.01. The van der Waals surface area contributed by atoms with E-state index in [1.54, 1.807) is 13.2 Å². The second-order valence-corrected chi connectivity index (χ2v) is 7.01. The first-order valence-electron chi connectivity index (χ1n) is 8.34. The van der Waals surface area contributed by atoms with Gasteiger partial charge in [-0.2, -0.15) is 0 Å². The normalized spacial score (nSPS) is 16.5. The lowest BCUT2D eigenvalue weighted by atomic mass is 9.85. The van der Waals surface area contributed by atoms with Crippen LogP contribution in [0.2, 0.25) is 0 Å². The third kappa shape index (κ3) is 3.61. The van der Waals surface area contributed by atoms with Crippen LogP contribution in [-0.2, 0) is 6.42 Å². The molecule has 5 heteroatoms. The third-order valence-electron chi connectivity index (χ3n) is 4.40. The molecular formula is C21H21NO4. The molecule has 1 aliphatic rings. The van der Waals surface area contributed by atoms with E-state index < -0.39 is 5.97 Å². The Morgan fingerprint density at radius 2 is 1.77 bits per heavy atom. The number of methoxy groups -OCH3 is 1. The van der Waals surface area contributed by atoms with Gasteiger partial charge < -0.3 is 15.2 Å². The van der Waals surface area contributed by atoms with Crippen molar-refractivity contribution in [1.29, 1.82) is 0 Å². The summed E-state index contributed by atoms with van der Waals surface area (Å²) < 4.78 is 5.31. The van der Waals surface area contributed by atoms with E-state index in [1.165, 1.54) is 24.3 Å². The second-order valence-electron chi connectivity index (χ2n) is 7.01. The standard InChI is InChI=1S/C21H21NO4/c1-21(2)12-15-8-9-16(26-3)10-17(15)18(22-21)11-19(23)13-4-6-14(7-5-13)20(24)25/h4-11,22H,12H2,1-3H3,(H,24,25)/b18-11-. The van der Waals surface area contributed by atoms with Crippen LogP contribution in [0.15, 0.2) is 48.5 Å². The van der Waals surface area contributed by atoms with E-state index in [9.17, 15) is 9.59 Å². The summed E-state index contributed by atoms with van der Waals surface area (Å²) >= 11 is 0. The lowest BCUT2D eigenvalue weighted by Gasteiger charge is -2.35. The largest absolute Gasteiger partial charge is 0.497 e. The van der Waals surface area contributed by atoms with Crippen molar-refractivity contribution in [2.75, 3.05) is 7.11 Å². The van der Waals surface area contributed by atoms with Crippen LogP contribution in [0.1, 0.15) is 45.7 Å². The summed E-state index contributed by atoms with van der Waals surface area (Å²) in [5, 5.41) is 12.4. The van der Waals surface area contributed by atoms with Crippen molar-refractivity contribution in [3.63, 3.8) is 0 Å². The van der Waals surface area contributed by atoms with Crippen LogP contribution in [0.3, 0.4) is 0 Å². The van der Waals surface area contributed by atoms with E-state index in [0.29, 0.717) is 5.56 Å². The molecule has 5 nitrogen and oxygen atoms in total. The quantitative estimate of drug-likeness (QED) is 0.651. The number of rotatable bonds is 4. The summed E-state index contributed by atoms with van der Waals surface area (Å²) in [4.78, 5) is 23.6. The molecule has 134 valence electrons. The summed E-state index contributed by atoms with van der Waals surface area (Å²) in [5.74, 6) is -0.468. The van der Waals surface area contributed by atoms with E-state index in [1.807, 2.05) is 18.2 Å². The number of carbonyl (C=O) groups is 2. The maximum Gasteiger partial charge on any atom is 0.335 e. The minimum absolute atomic E-state index is 0.154. The zero-order valence-electron chi connectivity index (χ0n) is 15.0. The number of carboxylic acids is 1. The average Bonchev–Trinajstić information content (AvgIpc) is 2.60. The maximum atomic E-state index is 12.7. The third-order valence-corrected chi connectivity index (χ3v) is 4.40. The number of fused-ring (bicyclic) bond motifs is 1. The van der Waals surface area contributed by atoms with Gasteiger partial charge in [-0.15, -0.1) is 0 Å². The number of benzene rings is 2. The number of carboxylic acid groups (broad SMARTS) is 1. The fraction of sp³-hybridized carbons (Fsp3) is 0.238. The Labute approximate surface area is 152 Å². The van der Waals surface area contributed by atoms with Gasteiger partial charge in [0.1, 0.15) is 5.75 Å². The number of aromatic carboxylic acids is 1. The highest BCUT2D eigenvalue weighted by Gasteiger charge is 2.28. The van der Waals surface area contributed by atoms with Crippen molar-refractivity contribution in [2.24, 2.45) is 0 Å². The van der Waals surface area contributed by atoms with Gasteiger partial charge in [0, 0.05) is 28.4 Å². The highest BCUT2D eigenvalue weighted by molar-refractivity contribution is 6.09. The van der Waals surface area contributed by atoms with Gasteiger partial charge in [-0.3, -0.25) is 4.79 Å². The van der Waals surface area contributed by atoms with Crippen LogP contribution in [-0.4, -0.2) is 29.5 Å². The van der Waals surface area contributed by atoms with Gasteiger partial charge in [0.2, 0.25) is 0 Å². The van der Waals surface area contributed by atoms with Gasteiger partial charge in [0.15, 0.2) is 5.78 Å². The van der Waals surface area contributed by atoms with Gasteiger partial charge >= 0.3 is 5.97 Å². The predicted octanol–water partition coefficient (Wildman–Crippen LogP) is 3.54. The Balaban J connectivity index is 1.99. The fourth-order valence-corrected chi connectivity index (χ4v) is 3.14. The van der Waals surface area contributed by atoms with Crippen LogP contribution in [0.5, 0.6) is 5.75 Å². The first kappa shape index (κ1) is 17.7. The molecule has 3 rings (SSSR count). The van der Waals surface area contributed by atoms with Gasteiger partial charge in [0.25, 0.3) is 0 Å². The molecule has 0 spiro atoms. The SMILES string of the molecule is COc1ccc2c(c1)/C(=C/C(=O)c1ccc(C(=O)O)cc1)NC(C)(C)C2. The summed E-state index contributed by atoms with van der Waals surface area (Å²) in [6.07, 6.45) is 2.40. The number of ether oxygens (including phenoxy) is 1. The van der Waals surface area contributed by atoms with Crippen LogP contribution < -0.4 is 10.1 Å². The summed E-state index contributed by atoms with van der Waals surface area (Å²) in [6, 6.07) is 11.8. The number of carbonyl (C=O) groups excluding carboxylic acids is 1. The Morgan fingerprint density at radius 3 is 2.38 bits per heavy atom. The van der Waals surface area contributed by atoms with Crippen molar-refractivity contribution < 1.29 is 19.4 Å². The monoisotopic (exact) mass is 351 g/mol. The van der Waals surface area contributed by atoms with Crippen LogP contribution in [0.25, 0.3) is 5.70 Å². The van der Waals surface area contributed by atoms with Gasteiger partial charge in [0.05, 0.1) is 12.7 Å². The first-order chi connectivity index (χ1) is 12.3. The van der Waals surface area contributed by atoms with Gasteiger partial charge in [-0.25, -0.2) is 4.79 Å². The van der Waals surface area contributed by atoms with Crippen LogP contribution in [0, 0.1) is 0 Å². The molecule has 0 saturated heterocycles. The number of nitrogens with one attached hydrogen (secondary N) is 1. The maximum absolute atomic E-state index is 12.7. The molecule has 2 N–H and O–H groups in total. The zero-order chi connectivity index (χ0) is 18.9. The minimum Gasteiger partial charge on any atom is -0.497 e. The van der Waals surface area contributed by atoms with E-state index in [2.05, 4.69) is 19.2 Å². The first-order valence-corrected chi connectivity index (χ1v) is 8.34. The Kier molecular flexibility index (Phi) is 4.55. The molecule has 0 fully saturated rings. The van der Waals surface area contributed by atoms with Crippen LogP contribution in [0.4, 0.5) is 0 Å². The number of hydrogen-bond donors (Lipinski definition) is 2. The van der Waals surface area contributed by atoms with Crippen molar-refractivity contribution >= 4 is 17.4 Å². The van der Waals surface area contributed by atoms with Crippen molar-refractivity contribution in [1.82, 2.24) is 5.32 Å². The topological polar surface area (TPSA) is 75.6 Å². The van der Waals surface area contributed by atoms with E-state index in [0.717, 1.165) is 29.0 Å². The molecule has 2 aromatic carbocycles. The molecule has 0 unspecified atom stereocenters. The van der Waals surface area contributed by atoms with Gasteiger partial charge in [-0.1, -0.05) is 18.2 Å². The number of hydrogen-bond acceptors (Lipinski definition) is 4. The van der Waals surface area contributed by atoms with Crippen LogP contribution >= 0.6 is 0 Å². The molecule has 0 aliphatic carbocycles. The zero-order valence-corrected chi connectivity index (χ0v) is 15.0. The lowest BCUT2D eigenvalue weighted by molar-refractivity contribution is 0.0696. The van der Waals surface area contributed by atoms with Crippen molar-refractivity contribution in [3.8, 4) is 5.75 Å². The molecule has 1 heterocycles. The van der Waals surface area contributed by atoms with Crippen molar-refractivity contribution in [3.05, 3.63) is 70.8 Å². The lowest BCUT2D eigenvalue weighted by Crippen LogP contribution is -2.43. The summed E-state index contributed by atoms with van der Waals surface area (Å²) in [7, 11) is 1.61. The molecular weight excluding hydrogens is 330 g/mol. The molecule has 1 aliphatic heterocycles. The Hall–Kier alpha value is -3.08. The Bertz CT molecular complexity index is 895. The van der Waals surface area contributed by atoms with Crippen molar-refractivity contribution in [2.45, 2.75) is 25.8 Å². The van der Waals surface area contributed by atoms with E-state index in [-0.39, 0.29) is 16.9 Å². The van der Waals surface area contributed by atoms with Gasteiger partial charge in [-0.05, 0) is 50.1 Å². The smallest absolute Gasteiger partial charge is 0.335 e. The molecule has 0 radical (unpaired) electrons. The molecule has 0 atom stereocenters. The highest BCUT2D eigenvalue weighted by atomic mass is 16.5. The molecule has 2 aromatic rings. The van der Waals surface area contributed by atoms with E-state index >= 15 is 0 Å². The molecule has 0 saturated carbocycles. The average molecular weight is 351 g/mol. The van der Waals surface area contributed by atoms with E-state index in [4.69, 9.17) is 9.84 Å². The molecule has 26 heavy (non-hydrogen) atoms. The summed E-state index contributed by atoms with van der Waals surface area (Å²) in [6.45, 7) is 4.17. The second kappa shape index (κ2) is 6.67.